The number of rotatable bonds is 5. The number of nitrogens with one attached hydrogen (secondary N) is 2. The number of benzene rings is 1. The van der Waals surface area contributed by atoms with Crippen molar-refractivity contribution >= 4 is 5.91 Å². The van der Waals surface area contributed by atoms with E-state index in [4.69, 9.17) is 0 Å². The van der Waals surface area contributed by atoms with Crippen molar-refractivity contribution in [3.8, 4) is 0 Å². The molecule has 0 radical (unpaired) electrons. The summed E-state index contributed by atoms with van der Waals surface area (Å²) in [5, 5.41) is 10.5. The Labute approximate surface area is 130 Å². The van der Waals surface area contributed by atoms with Crippen LogP contribution in [-0.2, 0) is 6.54 Å². The zero-order valence-corrected chi connectivity index (χ0v) is 12.5. The molecule has 0 saturated carbocycles. The first-order chi connectivity index (χ1) is 10.8. The van der Waals surface area contributed by atoms with Crippen LogP contribution in [-0.4, -0.2) is 35.3 Å². The molecular weight excluding hydrogens is 276 g/mol. The van der Waals surface area contributed by atoms with Crippen molar-refractivity contribution in [3.05, 3.63) is 65.5 Å². The van der Waals surface area contributed by atoms with E-state index in [0.29, 0.717) is 18.7 Å². The zero-order chi connectivity index (χ0) is 15.2. The minimum atomic E-state index is -0.0706. The van der Waals surface area contributed by atoms with Crippen LogP contribution in [0.5, 0.6) is 0 Å². The predicted octanol–water partition coefficient (Wildman–Crippen LogP) is 1.58. The van der Waals surface area contributed by atoms with Gasteiger partial charge in [0.1, 0.15) is 0 Å². The molecule has 5 heteroatoms. The standard InChI is InChI=1S/C17H20N4O/c22-17(19-10-14-6-8-18-9-7-14)16-11-20-21(13-16)12-15-4-2-1-3-5-15/h1-6,11,13,18H,7-10,12H2,(H,19,22). The highest BCUT2D eigenvalue weighted by molar-refractivity contribution is 5.93. The highest BCUT2D eigenvalue weighted by Crippen LogP contribution is 2.06. The van der Waals surface area contributed by atoms with E-state index in [0.717, 1.165) is 25.1 Å². The lowest BCUT2D eigenvalue weighted by Gasteiger charge is -2.14. The van der Waals surface area contributed by atoms with Crippen LogP contribution < -0.4 is 10.6 Å². The van der Waals surface area contributed by atoms with E-state index in [1.165, 1.54) is 5.57 Å². The number of amides is 1. The van der Waals surface area contributed by atoms with Gasteiger partial charge < -0.3 is 10.6 Å². The molecule has 114 valence electrons. The Bertz CT molecular complexity index is 660. The molecule has 0 atom stereocenters. The van der Waals surface area contributed by atoms with Crippen LogP contribution in [0.15, 0.2) is 54.4 Å². The van der Waals surface area contributed by atoms with E-state index < -0.39 is 0 Å². The quantitative estimate of drug-likeness (QED) is 0.824. The van der Waals surface area contributed by atoms with Crippen molar-refractivity contribution < 1.29 is 4.79 Å². The summed E-state index contributed by atoms with van der Waals surface area (Å²) < 4.78 is 1.79. The third-order valence-electron chi connectivity index (χ3n) is 3.72. The second-order valence-electron chi connectivity index (χ2n) is 5.41. The Morgan fingerprint density at radius 3 is 2.95 bits per heavy atom. The Morgan fingerprint density at radius 1 is 1.32 bits per heavy atom. The number of carbonyl (C=O) groups excluding carboxylic acids is 1. The van der Waals surface area contributed by atoms with E-state index in [-0.39, 0.29) is 5.91 Å². The topological polar surface area (TPSA) is 59.0 Å². The SMILES string of the molecule is O=C(NCC1=CCNCC1)c1cnn(Cc2ccccc2)c1. The lowest BCUT2D eigenvalue weighted by Crippen LogP contribution is -2.29. The molecule has 1 aliphatic heterocycles. The molecule has 0 saturated heterocycles. The Hall–Kier alpha value is -2.40. The van der Waals surface area contributed by atoms with Crippen molar-refractivity contribution in [1.82, 2.24) is 20.4 Å². The fraction of sp³-hybridized carbons (Fsp3) is 0.294. The second-order valence-corrected chi connectivity index (χ2v) is 5.41. The van der Waals surface area contributed by atoms with Crippen LogP contribution in [0, 0.1) is 0 Å². The Kier molecular flexibility index (Phi) is 4.65. The smallest absolute Gasteiger partial charge is 0.254 e. The van der Waals surface area contributed by atoms with Gasteiger partial charge in [-0.05, 0) is 18.5 Å². The lowest BCUT2D eigenvalue weighted by molar-refractivity contribution is 0.0956. The summed E-state index contributed by atoms with van der Waals surface area (Å²) in [5.41, 5.74) is 3.05. The molecule has 3 rings (SSSR count). The molecule has 0 unspecified atom stereocenters. The van der Waals surface area contributed by atoms with Crippen molar-refractivity contribution in [2.45, 2.75) is 13.0 Å². The van der Waals surface area contributed by atoms with Gasteiger partial charge in [-0.2, -0.15) is 5.10 Å². The van der Waals surface area contributed by atoms with Crippen molar-refractivity contribution in [3.63, 3.8) is 0 Å². The number of aromatic nitrogens is 2. The van der Waals surface area contributed by atoms with E-state index >= 15 is 0 Å². The first-order valence-corrected chi connectivity index (χ1v) is 7.54. The molecule has 2 aromatic rings. The molecule has 22 heavy (non-hydrogen) atoms. The summed E-state index contributed by atoms with van der Waals surface area (Å²) >= 11 is 0. The molecule has 1 amide bonds. The number of carbonyl (C=O) groups is 1. The predicted molar refractivity (Wildman–Crippen MR) is 85.7 cm³/mol. The molecule has 5 nitrogen and oxygen atoms in total. The van der Waals surface area contributed by atoms with E-state index in [2.05, 4.69) is 21.8 Å². The van der Waals surface area contributed by atoms with E-state index in [1.54, 1.807) is 17.1 Å². The van der Waals surface area contributed by atoms with Gasteiger partial charge in [0.2, 0.25) is 0 Å². The molecule has 0 spiro atoms. The molecule has 1 aromatic carbocycles. The summed E-state index contributed by atoms with van der Waals surface area (Å²) in [6.45, 7) is 3.16. The largest absolute Gasteiger partial charge is 0.348 e. The van der Waals surface area contributed by atoms with Gasteiger partial charge in [0.05, 0.1) is 18.3 Å². The number of nitrogens with zero attached hydrogens (tertiary/aromatic N) is 2. The first-order valence-electron chi connectivity index (χ1n) is 7.54. The minimum absolute atomic E-state index is 0.0706. The fourth-order valence-corrected chi connectivity index (χ4v) is 2.46. The van der Waals surface area contributed by atoms with Crippen molar-refractivity contribution in [2.75, 3.05) is 19.6 Å². The number of hydrogen-bond acceptors (Lipinski definition) is 3. The summed E-state index contributed by atoms with van der Waals surface area (Å²) in [6, 6.07) is 10.1. The van der Waals surface area contributed by atoms with Crippen LogP contribution in [0.3, 0.4) is 0 Å². The number of hydrogen-bond donors (Lipinski definition) is 2. The Balaban J connectivity index is 1.56. The molecule has 1 aromatic heterocycles. The van der Waals surface area contributed by atoms with Crippen LogP contribution in [0.4, 0.5) is 0 Å². The van der Waals surface area contributed by atoms with Gasteiger partial charge in [-0.3, -0.25) is 9.48 Å². The third-order valence-corrected chi connectivity index (χ3v) is 3.72. The molecule has 0 fully saturated rings. The maximum absolute atomic E-state index is 12.1. The second kappa shape index (κ2) is 7.04. The highest BCUT2D eigenvalue weighted by atomic mass is 16.1. The van der Waals surface area contributed by atoms with E-state index in [1.807, 2.05) is 30.3 Å². The molecule has 2 N–H and O–H groups in total. The Morgan fingerprint density at radius 2 is 2.18 bits per heavy atom. The fourth-order valence-electron chi connectivity index (χ4n) is 2.46. The summed E-state index contributed by atoms with van der Waals surface area (Å²) in [5.74, 6) is -0.0706. The van der Waals surface area contributed by atoms with Gasteiger partial charge in [-0.1, -0.05) is 42.0 Å². The summed E-state index contributed by atoms with van der Waals surface area (Å²) in [4.78, 5) is 12.1. The van der Waals surface area contributed by atoms with Gasteiger partial charge in [0.25, 0.3) is 5.91 Å². The van der Waals surface area contributed by atoms with Gasteiger partial charge in [-0.25, -0.2) is 0 Å². The zero-order valence-electron chi connectivity index (χ0n) is 12.5. The molecule has 0 aliphatic carbocycles. The minimum Gasteiger partial charge on any atom is -0.348 e. The van der Waals surface area contributed by atoms with Gasteiger partial charge in [-0.15, -0.1) is 0 Å². The molecular formula is C17H20N4O. The van der Waals surface area contributed by atoms with E-state index in [9.17, 15) is 4.79 Å². The maximum Gasteiger partial charge on any atom is 0.254 e. The molecule has 1 aliphatic rings. The van der Waals surface area contributed by atoms with Gasteiger partial charge >= 0.3 is 0 Å². The van der Waals surface area contributed by atoms with Crippen LogP contribution in [0.2, 0.25) is 0 Å². The first kappa shape index (κ1) is 14.5. The highest BCUT2D eigenvalue weighted by Gasteiger charge is 2.10. The molecule has 0 bridgehead atoms. The normalized spacial score (nSPS) is 14.5. The monoisotopic (exact) mass is 296 g/mol. The van der Waals surface area contributed by atoms with Crippen LogP contribution in [0.25, 0.3) is 0 Å². The molecule has 2 heterocycles. The van der Waals surface area contributed by atoms with Crippen LogP contribution >= 0.6 is 0 Å². The van der Waals surface area contributed by atoms with Crippen molar-refractivity contribution in [2.24, 2.45) is 0 Å². The van der Waals surface area contributed by atoms with Gasteiger partial charge in [0, 0.05) is 19.3 Å². The maximum atomic E-state index is 12.1. The van der Waals surface area contributed by atoms with Crippen molar-refractivity contribution in [1.29, 1.82) is 0 Å². The average Bonchev–Trinajstić information content (AvgIpc) is 3.03. The summed E-state index contributed by atoms with van der Waals surface area (Å²) in [6.07, 6.45) is 6.55. The van der Waals surface area contributed by atoms with Gasteiger partial charge in [0.15, 0.2) is 0 Å². The summed E-state index contributed by atoms with van der Waals surface area (Å²) in [7, 11) is 0. The lowest BCUT2D eigenvalue weighted by atomic mass is 10.1. The average molecular weight is 296 g/mol. The van der Waals surface area contributed by atoms with Crippen LogP contribution in [0.1, 0.15) is 22.3 Å². The third kappa shape index (κ3) is 3.83.